The number of nitro groups is 1. The van der Waals surface area contributed by atoms with E-state index in [-0.39, 0.29) is 30.2 Å². The molecule has 0 aliphatic carbocycles. The number of non-ortho nitro benzene ring substituents is 1. The van der Waals surface area contributed by atoms with Crippen LogP contribution in [0.3, 0.4) is 0 Å². The van der Waals surface area contributed by atoms with Gasteiger partial charge in [0.1, 0.15) is 18.0 Å². The SMILES string of the molecule is CC1(C(=O)OCc2ccc([N+](=O)[O-])cc2)CS[C@@H]2C(NC(=O)C(c3ccccc3)S(=O)(=O)O)C(=O)N2C1. The Morgan fingerprint density at radius 3 is 2.49 bits per heavy atom. The van der Waals surface area contributed by atoms with Crippen molar-refractivity contribution < 1.29 is 37.0 Å². The Balaban J connectivity index is 1.36. The summed E-state index contributed by atoms with van der Waals surface area (Å²) in [5.41, 5.74) is -0.487. The molecular weight excluding hydrogens is 526 g/mol. The predicted molar refractivity (Wildman–Crippen MR) is 132 cm³/mol. The number of benzene rings is 2. The molecule has 3 unspecified atom stereocenters. The van der Waals surface area contributed by atoms with Gasteiger partial charge < -0.3 is 15.0 Å². The molecule has 2 heterocycles. The van der Waals surface area contributed by atoms with Gasteiger partial charge >= 0.3 is 5.97 Å². The molecule has 14 heteroatoms. The van der Waals surface area contributed by atoms with E-state index in [2.05, 4.69) is 5.32 Å². The summed E-state index contributed by atoms with van der Waals surface area (Å²) in [5, 5.41) is 10.8. The van der Waals surface area contributed by atoms with Crippen LogP contribution in [0.15, 0.2) is 54.6 Å². The Morgan fingerprint density at radius 1 is 1.24 bits per heavy atom. The fourth-order valence-electron chi connectivity index (χ4n) is 4.18. The largest absolute Gasteiger partial charge is 0.460 e. The number of carbonyl (C=O) groups excluding carboxylic acids is 3. The molecule has 2 saturated heterocycles. The molecule has 12 nitrogen and oxygen atoms in total. The number of thioether (sulfide) groups is 1. The topological polar surface area (TPSA) is 173 Å². The van der Waals surface area contributed by atoms with Crippen LogP contribution in [0.1, 0.15) is 23.3 Å². The highest BCUT2D eigenvalue weighted by molar-refractivity contribution is 8.00. The van der Waals surface area contributed by atoms with Crippen LogP contribution in [-0.4, -0.2) is 64.3 Å². The maximum absolute atomic E-state index is 12.8. The third-order valence-corrected chi connectivity index (χ3v) is 8.93. The van der Waals surface area contributed by atoms with Gasteiger partial charge in [0.15, 0.2) is 5.25 Å². The summed E-state index contributed by atoms with van der Waals surface area (Å²) >= 11 is 1.25. The summed E-state index contributed by atoms with van der Waals surface area (Å²) in [7, 11) is -4.80. The van der Waals surface area contributed by atoms with Crippen molar-refractivity contribution in [1.29, 1.82) is 0 Å². The summed E-state index contributed by atoms with van der Waals surface area (Å²) in [6.45, 7) is 1.59. The number of nitro benzene ring substituents is 1. The van der Waals surface area contributed by atoms with Crippen molar-refractivity contribution in [2.45, 2.75) is 30.2 Å². The van der Waals surface area contributed by atoms with Crippen LogP contribution < -0.4 is 5.32 Å². The molecule has 0 radical (unpaired) electrons. The van der Waals surface area contributed by atoms with Gasteiger partial charge in [0, 0.05) is 24.4 Å². The van der Waals surface area contributed by atoms with E-state index in [9.17, 15) is 37.5 Å². The minimum atomic E-state index is -4.80. The molecule has 2 aromatic rings. The molecule has 196 valence electrons. The molecule has 0 aromatic heterocycles. The number of ether oxygens (including phenoxy) is 1. The Hall–Kier alpha value is -3.49. The Morgan fingerprint density at radius 2 is 1.89 bits per heavy atom. The maximum Gasteiger partial charge on any atom is 0.314 e. The van der Waals surface area contributed by atoms with Gasteiger partial charge in [-0.1, -0.05) is 30.3 Å². The lowest BCUT2D eigenvalue weighted by Crippen LogP contribution is -2.73. The van der Waals surface area contributed by atoms with E-state index < -0.39 is 54.9 Å². The van der Waals surface area contributed by atoms with E-state index in [1.54, 1.807) is 13.0 Å². The molecule has 2 aliphatic heterocycles. The molecule has 37 heavy (non-hydrogen) atoms. The van der Waals surface area contributed by atoms with Gasteiger partial charge in [-0.25, -0.2) is 0 Å². The number of esters is 1. The second kappa shape index (κ2) is 10.1. The average Bonchev–Trinajstić information content (AvgIpc) is 2.86. The van der Waals surface area contributed by atoms with Crippen molar-refractivity contribution in [3.63, 3.8) is 0 Å². The van der Waals surface area contributed by atoms with Crippen LogP contribution in [0.25, 0.3) is 0 Å². The van der Waals surface area contributed by atoms with Crippen LogP contribution in [0.4, 0.5) is 5.69 Å². The number of hydrogen-bond acceptors (Lipinski definition) is 9. The van der Waals surface area contributed by atoms with Crippen LogP contribution in [-0.2, 0) is 35.8 Å². The second-order valence-electron chi connectivity index (χ2n) is 9.02. The number of nitrogens with one attached hydrogen (secondary N) is 1. The smallest absolute Gasteiger partial charge is 0.314 e. The van der Waals surface area contributed by atoms with E-state index in [1.165, 1.54) is 65.2 Å². The van der Waals surface area contributed by atoms with Gasteiger partial charge in [0.25, 0.3) is 15.8 Å². The van der Waals surface area contributed by atoms with Gasteiger partial charge in [-0.3, -0.25) is 29.1 Å². The highest BCUT2D eigenvalue weighted by Crippen LogP contribution is 2.42. The number of β-lactam (4-membered cyclic amide) rings is 1. The third-order valence-electron chi connectivity index (χ3n) is 6.18. The second-order valence-corrected chi connectivity index (χ2v) is 11.6. The third kappa shape index (κ3) is 5.45. The van der Waals surface area contributed by atoms with E-state index in [1.807, 2.05) is 0 Å². The quantitative estimate of drug-likeness (QED) is 0.162. The Kier molecular flexibility index (Phi) is 7.26. The first kappa shape index (κ1) is 26.6. The summed E-state index contributed by atoms with van der Waals surface area (Å²) < 4.78 is 38.8. The first-order valence-electron chi connectivity index (χ1n) is 11.0. The monoisotopic (exact) mass is 549 g/mol. The Bertz CT molecular complexity index is 1330. The summed E-state index contributed by atoms with van der Waals surface area (Å²) in [5.74, 6) is -1.79. The molecule has 2 aliphatic rings. The molecule has 2 amide bonds. The van der Waals surface area contributed by atoms with Gasteiger partial charge in [-0.05, 0) is 30.2 Å². The molecule has 2 N–H and O–H groups in total. The van der Waals surface area contributed by atoms with Gasteiger partial charge in [0.05, 0.1) is 10.3 Å². The molecule has 0 bridgehead atoms. The van der Waals surface area contributed by atoms with Crippen molar-refractivity contribution in [3.8, 4) is 0 Å². The molecule has 4 rings (SSSR count). The first-order chi connectivity index (χ1) is 17.4. The molecule has 0 spiro atoms. The zero-order valence-corrected chi connectivity index (χ0v) is 21.1. The normalized spacial score (nSPS) is 23.8. The fraction of sp³-hybridized carbons (Fsp3) is 0.348. The summed E-state index contributed by atoms with van der Waals surface area (Å²) in [4.78, 5) is 50.1. The number of nitrogens with zero attached hydrogens (tertiary/aromatic N) is 2. The van der Waals surface area contributed by atoms with Crippen LogP contribution in [0.5, 0.6) is 0 Å². The molecule has 0 saturated carbocycles. The van der Waals surface area contributed by atoms with Crippen LogP contribution in [0, 0.1) is 15.5 Å². The molecular formula is C23H23N3O9S2. The minimum absolute atomic E-state index is 0.0371. The number of hydrogen-bond donors (Lipinski definition) is 2. The predicted octanol–water partition coefficient (Wildman–Crippen LogP) is 1.67. The van der Waals surface area contributed by atoms with E-state index in [4.69, 9.17) is 4.74 Å². The molecule has 2 aromatic carbocycles. The van der Waals surface area contributed by atoms with Crippen molar-refractivity contribution in [2.75, 3.05) is 12.3 Å². The Labute approximate surface area is 216 Å². The van der Waals surface area contributed by atoms with Crippen molar-refractivity contribution in [1.82, 2.24) is 10.2 Å². The van der Waals surface area contributed by atoms with Gasteiger partial charge in [0.2, 0.25) is 11.8 Å². The van der Waals surface area contributed by atoms with Crippen molar-refractivity contribution >= 4 is 45.4 Å². The minimum Gasteiger partial charge on any atom is -0.460 e. The number of amides is 2. The maximum atomic E-state index is 12.8. The number of carbonyl (C=O) groups is 3. The van der Waals surface area contributed by atoms with E-state index in [0.717, 1.165) is 0 Å². The lowest BCUT2D eigenvalue weighted by molar-refractivity contribution is -0.384. The number of rotatable bonds is 8. The highest BCUT2D eigenvalue weighted by atomic mass is 32.2. The average molecular weight is 550 g/mol. The zero-order valence-electron chi connectivity index (χ0n) is 19.5. The van der Waals surface area contributed by atoms with Gasteiger partial charge in [-0.15, -0.1) is 11.8 Å². The van der Waals surface area contributed by atoms with Crippen LogP contribution >= 0.6 is 11.8 Å². The standard InChI is InChI=1S/C23H23N3O9S2/c1-23(22(29)35-11-14-7-9-16(10-8-14)26(30)31)12-25-20(28)17(21(25)36-13-23)24-19(27)18(37(32,33)34)15-5-3-2-4-6-15/h2-10,17-18,21H,11-13H2,1H3,(H,24,27)(H,32,33,34)/t17?,18?,21-,23?/m1/s1. The van der Waals surface area contributed by atoms with Crippen LogP contribution in [0.2, 0.25) is 0 Å². The summed E-state index contributed by atoms with van der Waals surface area (Å²) in [6.07, 6.45) is 0. The highest BCUT2D eigenvalue weighted by Gasteiger charge is 2.56. The zero-order chi connectivity index (χ0) is 27.0. The van der Waals surface area contributed by atoms with E-state index in [0.29, 0.717) is 5.56 Å². The first-order valence-corrected chi connectivity index (χ1v) is 13.6. The lowest BCUT2D eigenvalue weighted by Gasteiger charge is -2.53. The van der Waals surface area contributed by atoms with E-state index >= 15 is 0 Å². The van der Waals surface area contributed by atoms with Gasteiger partial charge in [-0.2, -0.15) is 8.42 Å². The summed E-state index contributed by atoms with van der Waals surface area (Å²) in [6, 6.07) is 12.0. The fourth-order valence-corrected chi connectivity index (χ4v) is 6.50. The molecule has 2 fully saturated rings. The van der Waals surface area contributed by atoms with Crippen molar-refractivity contribution in [2.24, 2.45) is 5.41 Å². The number of fused-ring (bicyclic) bond motifs is 1. The van der Waals surface area contributed by atoms with Crippen molar-refractivity contribution in [3.05, 3.63) is 75.8 Å². The molecule has 4 atom stereocenters. The lowest BCUT2D eigenvalue weighted by atomic mass is 9.89.